The lowest BCUT2D eigenvalue weighted by molar-refractivity contribution is 0.0601. The van der Waals surface area contributed by atoms with Crippen LogP contribution in [0.25, 0.3) is 5.78 Å². The molecule has 0 spiro atoms. The van der Waals surface area contributed by atoms with Crippen molar-refractivity contribution >= 4 is 27.5 Å². The summed E-state index contributed by atoms with van der Waals surface area (Å²) in [7, 11) is -3.26. The molecule has 0 atom stereocenters. The molecule has 25 heavy (non-hydrogen) atoms. The molecule has 0 unspecified atom stereocenters. The number of esters is 1. The van der Waals surface area contributed by atoms with Gasteiger partial charge in [0.2, 0.25) is 0 Å². The van der Waals surface area contributed by atoms with Crippen molar-refractivity contribution in [3.05, 3.63) is 47.5 Å². The molecule has 0 aliphatic carbocycles. The van der Waals surface area contributed by atoms with Crippen LogP contribution in [-0.2, 0) is 14.8 Å². The molecule has 3 aromatic rings. The van der Waals surface area contributed by atoms with E-state index in [-0.39, 0.29) is 11.3 Å². The first-order valence-corrected chi connectivity index (χ1v) is 8.39. The van der Waals surface area contributed by atoms with E-state index in [2.05, 4.69) is 19.8 Å². The van der Waals surface area contributed by atoms with Crippen molar-refractivity contribution in [2.45, 2.75) is 12.1 Å². The van der Waals surface area contributed by atoms with E-state index in [1.165, 1.54) is 29.0 Å². The van der Waals surface area contributed by atoms with Crippen LogP contribution in [0.3, 0.4) is 0 Å². The first-order valence-electron chi connectivity index (χ1n) is 6.90. The maximum absolute atomic E-state index is 14.1. The van der Waals surface area contributed by atoms with Gasteiger partial charge in [0.05, 0.1) is 18.4 Å². The van der Waals surface area contributed by atoms with Gasteiger partial charge in [0, 0.05) is 12.4 Å². The summed E-state index contributed by atoms with van der Waals surface area (Å²) in [6.07, 6.45) is 3.04. The normalized spacial score (nSPS) is 11.5. The lowest BCUT2D eigenvalue weighted by Gasteiger charge is -2.10. The van der Waals surface area contributed by atoms with Crippen molar-refractivity contribution in [1.29, 1.82) is 0 Å². The highest BCUT2D eigenvalue weighted by molar-refractivity contribution is 7.92. The molecule has 2 heterocycles. The molecular weight excluding hydrogens is 353 g/mol. The van der Waals surface area contributed by atoms with Crippen LogP contribution in [-0.4, -0.2) is 41.1 Å². The number of methoxy groups -OCH3 is 1. The first-order chi connectivity index (χ1) is 11.8. The van der Waals surface area contributed by atoms with E-state index in [4.69, 9.17) is 0 Å². The number of nitrogens with one attached hydrogen (secondary N) is 1. The quantitative estimate of drug-likeness (QED) is 0.690. The molecule has 1 N–H and O–H groups in total. The zero-order valence-electron chi connectivity index (χ0n) is 13.1. The fraction of sp³-hybridized carbons (Fsp3) is 0.143. The van der Waals surface area contributed by atoms with Gasteiger partial charge < -0.3 is 4.74 Å². The summed E-state index contributed by atoms with van der Waals surface area (Å²) >= 11 is 0. The van der Waals surface area contributed by atoms with Gasteiger partial charge >= 0.3 is 5.97 Å². The van der Waals surface area contributed by atoms with Gasteiger partial charge in [-0.05, 0) is 24.6 Å². The molecule has 9 nitrogen and oxygen atoms in total. The largest absolute Gasteiger partial charge is 0.465 e. The number of carbonyl (C=O) groups excluding carboxylic acids is 1. The summed E-state index contributed by atoms with van der Waals surface area (Å²) in [6, 6.07) is 3.50. The number of benzene rings is 1. The maximum atomic E-state index is 14.1. The molecule has 130 valence electrons. The van der Waals surface area contributed by atoms with Crippen molar-refractivity contribution < 1.29 is 22.3 Å². The fourth-order valence-corrected chi connectivity index (χ4v) is 3.02. The van der Waals surface area contributed by atoms with E-state index in [0.717, 1.165) is 18.7 Å². The highest BCUT2D eigenvalue weighted by Crippen LogP contribution is 2.23. The van der Waals surface area contributed by atoms with Crippen molar-refractivity contribution in [3.63, 3.8) is 0 Å². The molecule has 0 saturated carbocycles. The standard InChI is InChI=1S/C14H12FN5O4S/c1-8-6-16-13-17-14(18-20(13)7-8)25(22,23)19-11-9(12(21)24-2)4-3-5-10(11)15/h3-7,19H,1-2H3. The Balaban J connectivity index is 2.05. The number of fused-ring (bicyclic) bond motifs is 1. The molecule has 3 rings (SSSR count). The number of hydrogen-bond acceptors (Lipinski definition) is 7. The SMILES string of the molecule is COC(=O)c1cccc(F)c1NS(=O)(=O)c1nc2ncc(C)cn2n1. The van der Waals surface area contributed by atoms with Gasteiger partial charge in [0.15, 0.2) is 0 Å². The van der Waals surface area contributed by atoms with Crippen LogP contribution in [0.4, 0.5) is 10.1 Å². The van der Waals surface area contributed by atoms with Crippen molar-refractivity contribution in [1.82, 2.24) is 19.6 Å². The molecule has 0 aliphatic rings. The van der Waals surface area contributed by atoms with Crippen LogP contribution in [0.15, 0.2) is 35.7 Å². The summed E-state index contributed by atoms with van der Waals surface area (Å²) in [5, 5.41) is 3.21. The number of carbonyl (C=O) groups is 1. The summed E-state index contributed by atoms with van der Waals surface area (Å²) in [6.45, 7) is 1.75. The number of para-hydroxylation sites is 1. The monoisotopic (exact) mass is 365 g/mol. The minimum Gasteiger partial charge on any atom is -0.465 e. The minimum atomic E-state index is -4.36. The van der Waals surface area contributed by atoms with Crippen molar-refractivity contribution in [3.8, 4) is 0 Å². The highest BCUT2D eigenvalue weighted by Gasteiger charge is 2.26. The Hall–Kier alpha value is -3.08. The number of aromatic nitrogens is 4. The molecule has 0 fully saturated rings. The third-order valence-corrected chi connectivity index (χ3v) is 4.33. The molecular formula is C14H12FN5O4S. The Bertz CT molecular complexity index is 1080. The Labute approximate surface area is 141 Å². The van der Waals surface area contributed by atoms with Crippen molar-refractivity contribution in [2.24, 2.45) is 0 Å². The average Bonchev–Trinajstić information content (AvgIpc) is 3.00. The molecule has 2 aromatic heterocycles. The fourth-order valence-electron chi connectivity index (χ4n) is 2.06. The van der Waals surface area contributed by atoms with Gasteiger partial charge in [-0.2, -0.15) is 13.4 Å². The Morgan fingerprint density at radius 1 is 1.36 bits per heavy atom. The van der Waals surface area contributed by atoms with Gasteiger partial charge in [-0.3, -0.25) is 4.72 Å². The molecule has 0 radical (unpaired) electrons. The molecule has 0 amide bonds. The molecule has 1 aromatic carbocycles. The Kier molecular flexibility index (Phi) is 4.08. The van der Waals surface area contributed by atoms with Crippen LogP contribution >= 0.6 is 0 Å². The summed E-state index contributed by atoms with van der Waals surface area (Å²) in [4.78, 5) is 19.5. The molecule has 11 heteroatoms. The van der Waals surface area contributed by atoms with Crippen LogP contribution < -0.4 is 4.72 Å². The second-order valence-corrected chi connectivity index (χ2v) is 6.61. The van der Waals surface area contributed by atoms with Crippen LogP contribution in [0.1, 0.15) is 15.9 Å². The highest BCUT2D eigenvalue weighted by atomic mass is 32.2. The zero-order valence-corrected chi connectivity index (χ0v) is 13.9. The predicted molar refractivity (Wildman–Crippen MR) is 84.1 cm³/mol. The van der Waals surface area contributed by atoms with Crippen LogP contribution in [0.2, 0.25) is 0 Å². The second-order valence-electron chi connectivity index (χ2n) is 5.03. The number of rotatable bonds is 4. The summed E-state index contributed by atoms with van der Waals surface area (Å²) in [5.41, 5.74) is -0.0717. The van der Waals surface area contributed by atoms with Crippen molar-refractivity contribution in [2.75, 3.05) is 11.8 Å². The predicted octanol–water partition coefficient (Wildman–Crippen LogP) is 1.16. The van der Waals surface area contributed by atoms with Gasteiger partial charge in [0.1, 0.15) is 5.82 Å². The number of anilines is 1. The maximum Gasteiger partial charge on any atom is 0.340 e. The second kappa shape index (κ2) is 6.09. The number of sulfonamides is 1. The number of ether oxygens (including phenoxy) is 1. The lowest BCUT2D eigenvalue weighted by atomic mass is 10.2. The van der Waals surface area contributed by atoms with E-state index in [1.807, 2.05) is 4.72 Å². The summed E-state index contributed by atoms with van der Waals surface area (Å²) in [5.74, 6) is -1.77. The van der Waals surface area contributed by atoms with E-state index in [0.29, 0.717) is 0 Å². The number of nitrogens with zero attached hydrogens (tertiary/aromatic N) is 4. The van der Waals surface area contributed by atoms with E-state index >= 15 is 0 Å². The average molecular weight is 365 g/mol. The smallest absolute Gasteiger partial charge is 0.340 e. The summed E-state index contributed by atoms with van der Waals surface area (Å²) < 4.78 is 46.7. The Morgan fingerprint density at radius 3 is 2.84 bits per heavy atom. The van der Waals surface area contributed by atoms with E-state index in [1.54, 1.807) is 6.92 Å². The topological polar surface area (TPSA) is 116 Å². The number of hydrogen-bond donors (Lipinski definition) is 1. The zero-order chi connectivity index (χ0) is 18.2. The third kappa shape index (κ3) is 3.13. The molecule has 0 bridgehead atoms. The number of halogens is 1. The van der Waals surface area contributed by atoms with Gasteiger partial charge in [0.25, 0.3) is 21.0 Å². The number of aryl methyl sites for hydroxylation is 1. The van der Waals surface area contributed by atoms with Gasteiger partial charge in [-0.15, -0.1) is 5.10 Å². The van der Waals surface area contributed by atoms with E-state index < -0.39 is 32.7 Å². The molecule has 0 aliphatic heterocycles. The lowest BCUT2D eigenvalue weighted by Crippen LogP contribution is -2.18. The van der Waals surface area contributed by atoms with E-state index in [9.17, 15) is 17.6 Å². The first kappa shape index (κ1) is 16.8. The minimum absolute atomic E-state index is 0.0627. The van der Waals surface area contributed by atoms with Gasteiger partial charge in [-0.1, -0.05) is 6.07 Å². The third-order valence-electron chi connectivity index (χ3n) is 3.20. The molecule has 0 saturated heterocycles. The van der Waals surface area contributed by atoms with Crippen LogP contribution in [0.5, 0.6) is 0 Å². The Morgan fingerprint density at radius 2 is 2.12 bits per heavy atom. The van der Waals surface area contributed by atoms with Gasteiger partial charge in [-0.25, -0.2) is 18.7 Å². The van der Waals surface area contributed by atoms with Crippen LogP contribution in [0, 0.1) is 12.7 Å².